The normalized spacial score (nSPS) is 10.2. The molecular weight excluding hydrogens is 331 g/mol. The molecule has 11 heteroatoms. The van der Waals surface area contributed by atoms with Crippen molar-refractivity contribution < 1.29 is 56.7 Å². The summed E-state index contributed by atoms with van der Waals surface area (Å²) in [5.74, 6) is -4.91. The molecule has 0 aliphatic rings. The number of nitrogens with zero attached hydrogens (tertiary/aromatic N) is 2. The number of carboxylic acid groups (broad SMARTS) is 4. The van der Waals surface area contributed by atoms with E-state index >= 15 is 0 Å². The van der Waals surface area contributed by atoms with E-state index in [2.05, 4.69) is 0 Å². The Balaban J connectivity index is 0. The minimum Gasteiger partial charge on any atom is -0.480 e. The number of carbonyl (C=O) groups is 4. The van der Waals surface area contributed by atoms with E-state index in [0.29, 0.717) is 0 Å². The largest absolute Gasteiger partial charge is 0.480 e. The van der Waals surface area contributed by atoms with Crippen LogP contribution in [0.15, 0.2) is 0 Å². The molecule has 0 saturated heterocycles. The molecule has 0 spiro atoms. The Morgan fingerprint density at radius 1 is 0.571 bits per heavy atom. The third-order valence-electron chi connectivity index (χ3n) is 2.17. The van der Waals surface area contributed by atoms with Crippen LogP contribution in [0.1, 0.15) is 0 Å². The average Bonchev–Trinajstić information content (AvgIpc) is 2.22. The molecule has 10 nitrogen and oxygen atoms in total. The summed E-state index contributed by atoms with van der Waals surface area (Å²) < 4.78 is 0. The number of carboxylic acids is 4. The van der Waals surface area contributed by atoms with Crippen molar-refractivity contribution in [3.63, 3.8) is 0 Å². The molecule has 0 fully saturated rings. The van der Waals surface area contributed by atoms with Crippen LogP contribution in [0, 0.1) is 0 Å². The van der Waals surface area contributed by atoms with E-state index in [1.807, 2.05) is 0 Å². The van der Waals surface area contributed by atoms with Crippen molar-refractivity contribution in [3.8, 4) is 0 Å². The van der Waals surface area contributed by atoms with Crippen LogP contribution in [0.25, 0.3) is 0 Å². The maximum atomic E-state index is 10.6. The third-order valence-corrected chi connectivity index (χ3v) is 2.17. The summed E-state index contributed by atoms with van der Waals surface area (Å²) in [5.41, 5.74) is 0. The number of hydrogen-bond donors (Lipinski definition) is 4. The van der Waals surface area contributed by atoms with Gasteiger partial charge >= 0.3 is 23.9 Å². The molecule has 0 heterocycles. The van der Waals surface area contributed by atoms with E-state index in [1.165, 1.54) is 0 Å². The Hall–Kier alpha value is -1.68. The van der Waals surface area contributed by atoms with Crippen molar-refractivity contribution >= 4 is 23.9 Å². The van der Waals surface area contributed by atoms with Crippen LogP contribution in [0.3, 0.4) is 0 Å². The molecule has 1 radical (unpaired) electrons. The van der Waals surface area contributed by atoms with Gasteiger partial charge in [0.2, 0.25) is 0 Å². The van der Waals surface area contributed by atoms with Gasteiger partial charge in [0.1, 0.15) is 0 Å². The van der Waals surface area contributed by atoms with Crippen molar-refractivity contribution in [2.75, 3.05) is 39.3 Å². The van der Waals surface area contributed by atoms with Gasteiger partial charge in [-0.1, -0.05) is 0 Å². The first-order valence-electron chi connectivity index (χ1n) is 5.52. The number of aliphatic carboxylic acids is 4. The van der Waals surface area contributed by atoms with Crippen LogP contribution in [0.5, 0.6) is 0 Å². The van der Waals surface area contributed by atoms with Gasteiger partial charge < -0.3 is 20.4 Å². The van der Waals surface area contributed by atoms with Crippen molar-refractivity contribution in [2.45, 2.75) is 0 Å². The molecule has 0 rings (SSSR count). The van der Waals surface area contributed by atoms with Gasteiger partial charge in [-0.15, -0.1) is 0 Å². The van der Waals surface area contributed by atoms with Gasteiger partial charge in [-0.25, -0.2) is 0 Å². The van der Waals surface area contributed by atoms with Gasteiger partial charge in [0, 0.05) is 30.2 Å². The van der Waals surface area contributed by atoms with Gasteiger partial charge in [0.25, 0.3) is 0 Å². The first-order chi connectivity index (χ1) is 9.20. The fourth-order valence-electron chi connectivity index (χ4n) is 1.48. The molecule has 121 valence electrons. The SMILES string of the molecule is O=C(O)CN(CCN(CC(=O)O)CC(=O)O)CC(=O)O.[Mn]. The molecule has 0 amide bonds. The van der Waals surface area contributed by atoms with E-state index in [9.17, 15) is 19.2 Å². The van der Waals surface area contributed by atoms with E-state index in [1.54, 1.807) is 0 Å². The summed E-state index contributed by atoms with van der Waals surface area (Å²) in [5, 5.41) is 34.5. The second-order valence-electron chi connectivity index (χ2n) is 4.00. The van der Waals surface area contributed by atoms with Crippen LogP contribution >= 0.6 is 0 Å². The Morgan fingerprint density at radius 3 is 0.905 bits per heavy atom. The number of hydrogen-bond acceptors (Lipinski definition) is 6. The van der Waals surface area contributed by atoms with Crippen molar-refractivity contribution in [1.29, 1.82) is 0 Å². The molecule has 21 heavy (non-hydrogen) atoms. The second-order valence-corrected chi connectivity index (χ2v) is 4.00. The predicted octanol–water partition coefficient (Wildman–Crippen LogP) is -2.07. The van der Waals surface area contributed by atoms with Crippen LogP contribution in [-0.4, -0.2) is 93.4 Å². The van der Waals surface area contributed by atoms with Gasteiger partial charge in [-0.3, -0.25) is 29.0 Å². The molecule has 0 aliphatic carbocycles. The Bertz CT molecular complexity index is 321. The molecule has 0 aromatic rings. The zero-order valence-corrected chi connectivity index (χ0v) is 12.1. The summed E-state index contributed by atoms with van der Waals surface area (Å²) in [6, 6.07) is 0. The minimum absolute atomic E-state index is 0. The Labute approximate surface area is 130 Å². The van der Waals surface area contributed by atoms with Gasteiger partial charge in [-0.05, 0) is 0 Å². The summed E-state index contributed by atoms with van der Waals surface area (Å²) in [6.45, 7) is -2.25. The standard InChI is InChI=1S/C10H16N2O8.Mn/c13-7(14)3-11(4-8(15)16)1-2-12(5-9(17)18)6-10(19)20;/h1-6H2,(H,13,14)(H,15,16)(H,17,18)(H,19,20);. The van der Waals surface area contributed by atoms with Gasteiger partial charge in [0.15, 0.2) is 0 Å². The third kappa shape index (κ3) is 13.1. The zero-order chi connectivity index (χ0) is 15.7. The maximum absolute atomic E-state index is 10.6. The molecule has 0 unspecified atom stereocenters. The monoisotopic (exact) mass is 347 g/mol. The summed E-state index contributed by atoms with van der Waals surface area (Å²) in [4.78, 5) is 44.4. The Morgan fingerprint density at radius 2 is 0.762 bits per heavy atom. The fraction of sp³-hybridized carbons (Fsp3) is 0.600. The van der Waals surface area contributed by atoms with E-state index in [4.69, 9.17) is 20.4 Å². The van der Waals surface area contributed by atoms with Gasteiger partial charge in [0.05, 0.1) is 26.2 Å². The van der Waals surface area contributed by atoms with Crippen LogP contribution in [0.2, 0.25) is 0 Å². The van der Waals surface area contributed by atoms with Gasteiger partial charge in [-0.2, -0.15) is 0 Å². The first kappa shape index (κ1) is 21.6. The molecule has 4 N–H and O–H groups in total. The van der Waals surface area contributed by atoms with Crippen molar-refractivity contribution in [1.82, 2.24) is 9.80 Å². The van der Waals surface area contributed by atoms with E-state index < -0.39 is 50.1 Å². The second kappa shape index (κ2) is 11.0. The topological polar surface area (TPSA) is 156 Å². The predicted molar refractivity (Wildman–Crippen MR) is 63.4 cm³/mol. The molecule has 0 bridgehead atoms. The number of rotatable bonds is 11. The molecule has 0 atom stereocenters. The quantitative estimate of drug-likeness (QED) is 0.306. The van der Waals surface area contributed by atoms with E-state index in [0.717, 1.165) is 9.80 Å². The average molecular weight is 347 g/mol. The van der Waals surface area contributed by atoms with Crippen molar-refractivity contribution in [3.05, 3.63) is 0 Å². The summed E-state index contributed by atoms with van der Waals surface area (Å²) in [7, 11) is 0. The summed E-state index contributed by atoms with van der Waals surface area (Å²) >= 11 is 0. The molecule has 0 aromatic heterocycles. The van der Waals surface area contributed by atoms with Crippen LogP contribution in [-0.2, 0) is 36.2 Å². The maximum Gasteiger partial charge on any atom is 0.317 e. The molecular formula is C10H16MnN2O8. The smallest absolute Gasteiger partial charge is 0.317 e. The zero-order valence-electron chi connectivity index (χ0n) is 10.9. The van der Waals surface area contributed by atoms with Crippen molar-refractivity contribution in [2.24, 2.45) is 0 Å². The molecule has 0 aromatic carbocycles. The fourth-order valence-corrected chi connectivity index (χ4v) is 1.48. The Kier molecular flexibility index (Phi) is 11.4. The van der Waals surface area contributed by atoms with Crippen LogP contribution in [0.4, 0.5) is 0 Å². The molecule has 0 aliphatic heterocycles. The molecule has 0 saturated carbocycles. The first-order valence-corrected chi connectivity index (χ1v) is 5.52. The van der Waals surface area contributed by atoms with Crippen LogP contribution < -0.4 is 0 Å². The van der Waals surface area contributed by atoms with E-state index in [-0.39, 0.29) is 30.2 Å². The summed E-state index contributed by atoms with van der Waals surface area (Å²) in [6.07, 6.45) is 0. The minimum atomic E-state index is -1.23.